The number of hydrogen-bond acceptors (Lipinski definition) is 2. The van der Waals surface area contributed by atoms with Gasteiger partial charge in [0.2, 0.25) is 0 Å². The van der Waals surface area contributed by atoms with E-state index in [9.17, 15) is 0 Å². The molecule has 0 aliphatic heterocycles. The molecular formula is C15H14Br2N2S. The van der Waals surface area contributed by atoms with Crippen molar-refractivity contribution in [1.82, 2.24) is 9.38 Å². The van der Waals surface area contributed by atoms with Gasteiger partial charge in [0, 0.05) is 26.8 Å². The first-order chi connectivity index (χ1) is 9.31. The van der Waals surface area contributed by atoms with E-state index in [1.807, 2.05) is 11.3 Å². The molecule has 0 unspecified atom stereocenters. The molecule has 3 aromatic rings. The zero-order chi connectivity index (χ0) is 12.8. The number of halogens is 2. The maximum Gasteiger partial charge on any atom is 0.194 e. The molecule has 4 rings (SSSR count). The third-order valence-electron chi connectivity index (χ3n) is 3.71. The smallest absolute Gasteiger partial charge is 0.194 e. The normalized spacial score (nSPS) is 14.1. The predicted molar refractivity (Wildman–Crippen MR) is 93.2 cm³/mol. The summed E-state index contributed by atoms with van der Waals surface area (Å²) >= 11 is 5.33. The van der Waals surface area contributed by atoms with E-state index in [2.05, 4.69) is 50.8 Å². The Kier molecular flexibility index (Phi) is 4.02. The van der Waals surface area contributed by atoms with Crippen LogP contribution in [0.5, 0.6) is 0 Å². The number of nitrogens with zero attached hydrogens (tertiary/aromatic N) is 2. The van der Waals surface area contributed by atoms with Crippen molar-refractivity contribution in [1.29, 1.82) is 0 Å². The molecule has 0 fully saturated rings. The Morgan fingerprint density at radius 1 is 1.10 bits per heavy atom. The van der Waals surface area contributed by atoms with Gasteiger partial charge in [-0.05, 0) is 37.8 Å². The molecule has 104 valence electrons. The lowest BCUT2D eigenvalue weighted by molar-refractivity contribution is 0.674. The summed E-state index contributed by atoms with van der Waals surface area (Å²) < 4.78 is 3.41. The molecular weight excluding hydrogens is 400 g/mol. The summed E-state index contributed by atoms with van der Waals surface area (Å²) in [6.07, 6.45) is 7.27. The lowest BCUT2D eigenvalue weighted by Crippen LogP contribution is -2.01. The monoisotopic (exact) mass is 412 g/mol. The number of fused-ring (bicyclic) bond motifs is 3. The quantitative estimate of drug-likeness (QED) is 0.530. The van der Waals surface area contributed by atoms with Crippen molar-refractivity contribution >= 4 is 49.2 Å². The molecule has 2 nitrogen and oxygen atoms in total. The summed E-state index contributed by atoms with van der Waals surface area (Å²) in [5, 5.41) is 0. The van der Waals surface area contributed by atoms with E-state index in [4.69, 9.17) is 4.98 Å². The summed E-state index contributed by atoms with van der Waals surface area (Å²) in [6.45, 7) is 0. The summed E-state index contributed by atoms with van der Waals surface area (Å²) in [6, 6.07) is 8.36. The Morgan fingerprint density at radius 3 is 2.65 bits per heavy atom. The van der Waals surface area contributed by atoms with Crippen molar-refractivity contribution in [2.24, 2.45) is 0 Å². The van der Waals surface area contributed by atoms with Crippen molar-refractivity contribution in [2.75, 3.05) is 0 Å². The molecule has 1 aliphatic rings. The first-order valence-corrected chi connectivity index (χ1v) is 8.18. The molecule has 0 radical (unpaired) electrons. The summed E-state index contributed by atoms with van der Waals surface area (Å²) in [4.78, 5) is 7.47. The zero-order valence-corrected chi connectivity index (χ0v) is 14.9. The minimum Gasteiger partial charge on any atom is -0.294 e. The Labute approximate surface area is 140 Å². The van der Waals surface area contributed by atoms with Crippen LogP contribution in [-0.4, -0.2) is 9.38 Å². The van der Waals surface area contributed by atoms with Crippen LogP contribution in [0.15, 0.2) is 34.9 Å². The second kappa shape index (κ2) is 5.62. The van der Waals surface area contributed by atoms with Gasteiger partial charge in [0.15, 0.2) is 4.96 Å². The van der Waals surface area contributed by atoms with E-state index >= 15 is 0 Å². The van der Waals surface area contributed by atoms with Gasteiger partial charge in [-0.3, -0.25) is 4.40 Å². The minimum atomic E-state index is 0. The van der Waals surface area contributed by atoms with Crippen molar-refractivity contribution in [2.45, 2.75) is 25.7 Å². The number of imidazole rings is 1. The minimum absolute atomic E-state index is 0. The van der Waals surface area contributed by atoms with Crippen molar-refractivity contribution in [3.63, 3.8) is 0 Å². The van der Waals surface area contributed by atoms with Gasteiger partial charge in [0.05, 0.1) is 5.69 Å². The molecule has 0 spiro atoms. The third-order valence-corrected chi connectivity index (χ3v) is 5.39. The van der Waals surface area contributed by atoms with E-state index in [0.29, 0.717) is 0 Å². The molecule has 0 N–H and O–H groups in total. The maximum atomic E-state index is 4.78. The van der Waals surface area contributed by atoms with Gasteiger partial charge in [0.1, 0.15) is 0 Å². The molecule has 0 amide bonds. The van der Waals surface area contributed by atoms with Crippen molar-refractivity contribution in [3.8, 4) is 11.3 Å². The molecule has 0 saturated carbocycles. The van der Waals surface area contributed by atoms with E-state index in [0.717, 1.165) is 15.1 Å². The van der Waals surface area contributed by atoms with Gasteiger partial charge < -0.3 is 0 Å². The van der Waals surface area contributed by atoms with Crippen LogP contribution in [0, 0.1) is 0 Å². The van der Waals surface area contributed by atoms with Gasteiger partial charge in [-0.2, -0.15) is 0 Å². The third kappa shape index (κ3) is 2.36. The Hall–Kier alpha value is -0.650. The van der Waals surface area contributed by atoms with E-state index in [1.54, 1.807) is 0 Å². The SMILES string of the molecule is Br.Brc1ccc(-c2cn3c4c(sc3n2)CCCC4)cc1. The largest absolute Gasteiger partial charge is 0.294 e. The number of thiazole rings is 1. The van der Waals surface area contributed by atoms with Gasteiger partial charge >= 0.3 is 0 Å². The number of aryl methyl sites for hydroxylation is 2. The fourth-order valence-electron chi connectivity index (χ4n) is 2.73. The topological polar surface area (TPSA) is 17.3 Å². The van der Waals surface area contributed by atoms with Crippen LogP contribution in [0.2, 0.25) is 0 Å². The molecule has 0 bridgehead atoms. The van der Waals surface area contributed by atoms with Crippen LogP contribution < -0.4 is 0 Å². The molecule has 1 aliphatic carbocycles. The average Bonchev–Trinajstić information content (AvgIpc) is 2.97. The summed E-state index contributed by atoms with van der Waals surface area (Å²) in [5.74, 6) is 0. The Balaban J connectivity index is 0.00000121. The standard InChI is InChI=1S/C15H13BrN2S.BrH/c16-11-7-5-10(6-8-11)12-9-18-13-3-1-2-4-14(13)19-15(18)17-12;/h5-9H,1-4H2;1H. The van der Waals surface area contributed by atoms with Gasteiger partial charge in [-0.1, -0.05) is 28.1 Å². The highest BCUT2D eigenvalue weighted by Gasteiger charge is 2.18. The second-order valence-electron chi connectivity index (χ2n) is 4.96. The Bertz CT molecular complexity index is 743. The fourth-order valence-corrected chi connectivity index (χ4v) is 4.18. The zero-order valence-electron chi connectivity index (χ0n) is 10.8. The highest BCUT2D eigenvalue weighted by molar-refractivity contribution is 9.10. The lowest BCUT2D eigenvalue weighted by Gasteiger charge is -2.09. The van der Waals surface area contributed by atoms with Crippen molar-refractivity contribution < 1.29 is 0 Å². The van der Waals surface area contributed by atoms with Crippen LogP contribution in [0.1, 0.15) is 23.4 Å². The molecule has 0 saturated heterocycles. The number of rotatable bonds is 1. The fraction of sp³-hybridized carbons (Fsp3) is 0.267. The molecule has 20 heavy (non-hydrogen) atoms. The van der Waals surface area contributed by atoms with Crippen LogP contribution in [0.3, 0.4) is 0 Å². The number of benzene rings is 1. The average molecular weight is 414 g/mol. The first kappa shape index (κ1) is 14.3. The van der Waals surface area contributed by atoms with Crippen LogP contribution in [0.25, 0.3) is 16.2 Å². The molecule has 5 heteroatoms. The second-order valence-corrected chi connectivity index (χ2v) is 6.94. The summed E-state index contributed by atoms with van der Waals surface area (Å²) in [7, 11) is 0. The predicted octanol–water partition coefficient (Wildman–Crippen LogP) is 5.28. The van der Waals surface area contributed by atoms with Gasteiger partial charge in [0.25, 0.3) is 0 Å². The molecule has 2 heterocycles. The van der Waals surface area contributed by atoms with E-state index < -0.39 is 0 Å². The summed E-state index contributed by atoms with van der Waals surface area (Å²) in [5.41, 5.74) is 3.75. The van der Waals surface area contributed by atoms with E-state index in [-0.39, 0.29) is 17.0 Å². The van der Waals surface area contributed by atoms with Crippen molar-refractivity contribution in [3.05, 3.63) is 45.5 Å². The molecule has 0 atom stereocenters. The maximum absolute atomic E-state index is 4.78. The van der Waals surface area contributed by atoms with E-state index in [1.165, 1.54) is 41.8 Å². The Morgan fingerprint density at radius 2 is 1.85 bits per heavy atom. The van der Waals surface area contributed by atoms with Crippen LogP contribution in [0.4, 0.5) is 0 Å². The van der Waals surface area contributed by atoms with Crippen LogP contribution >= 0.6 is 44.2 Å². The van der Waals surface area contributed by atoms with Gasteiger partial charge in [-0.25, -0.2) is 4.98 Å². The van der Waals surface area contributed by atoms with Crippen LogP contribution in [-0.2, 0) is 12.8 Å². The highest BCUT2D eigenvalue weighted by Crippen LogP contribution is 2.32. The first-order valence-electron chi connectivity index (χ1n) is 6.57. The highest BCUT2D eigenvalue weighted by atomic mass is 79.9. The number of hydrogen-bond donors (Lipinski definition) is 0. The molecule has 1 aromatic carbocycles. The number of aromatic nitrogens is 2. The van der Waals surface area contributed by atoms with Gasteiger partial charge in [-0.15, -0.1) is 28.3 Å². The lowest BCUT2D eigenvalue weighted by atomic mass is 10.0. The molecule has 2 aromatic heterocycles.